The maximum atomic E-state index is 13.0. The second-order valence-corrected chi connectivity index (χ2v) is 9.51. The molecule has 0 bridgehead atoms. The molecule has 0 aliphatic carbocycles. The standard InChI is InChI=1S/C22H26N6O3S/c1-16-8-9-23-20(14-16)26-21-15-22(25-17(2)24-21)27-10-12-28(13-11-27)32(29,30)19-6-4-18(31-3)5-7-19/h4-9,14-15H,10-13H2,1-3H3,(H,23,24,25,26). The highest BCUT2D eigenvalue weighted by Gasteiger charge is 2.29. The second kappa shape index (κ2) is 9.09. The van der Waals surface area contributed by atoms with Crippen molar-refractivity contribution < 1.29 is 13.2 Å². The molecule has 4 rings (SSSR count). The van der Waals surface area contributed by atoms with Crippen LogP contribution in [0, 0.1) is 13.8 Å². The maximum Gasteiger partial charge on any atom is 0.243 e. The summed E-state index contributed by atoms with van der Waals surface area (Å²) in [5.74, 6) is 3.38. The largest absolute Gasteiger partial charge is 0.497 e. The van der Waals surface area contributed by atoms with Gasteiger partial charge in [-0.05, 0) is 55.8 Å². The maximum absolute atomic E-state index is 13.0. The van der Waals surface area contributed by atoms with Crippen molar-refractivity contribution in [2.24, 2.45) is 0 Å². The van der Waals surface area contributed by atoms with Gasteiger partial charge in [0, 0.05) is 38.4 Å². The smallest absolute Gasteiger partial charge is 0.243 e. The summed E-state index contributed by atoms with van der Waals surface area (Å²) >= 11 is 0. The number of rotatable bonds is 6. The van der Waals surface area contributed by atoms with Crippen LogP contribution in [-0.2, 0) is 10.0 Å². The first-order valence-corrected chi connectivity index (χ1v) is 11.7. The van der Waals surface area contributed by atoms with Crippen molar-refractivity contribution in [2.75, 3.05) is 43.5 Å². The molecule has 10 heteroatoms. The van der Waals surface area contributed by atoms with Crippen LogP contribution in [0.1, 0.15) is 11.4 Å². The van der Waals surface area contributed by atoms with Crippen LogP contribution in [0.25, 0.3) is 0 Å². The summed E-state index contributed by atoms with van der Waals surface area (Å²) in [6.07, 6.45) is 1.75. The van der Waals surface area contributed by atoms with Crippen LogP contribution in [0.2, 0.25) is 0 Å². The topological polar surface area (TPSA) is 101 Å². The van der Waals surface area contributed by atoms with E-state index in [-0.39, 0.29) is 4.90 Å². The van der Waals surface area contributed by atoms with Crippen molar-refractivity contribution in [3.8, 4) is 5.75 Å². The highest BCUT2D eigenvalue weighted by Crippen LogP contribution is 2.24. The third-order valence-corrected chi connectivity index (χ3v) is 7.17. The number of benzene rings is 1. The fourth-order valence-electron chi connectivity index (χ4n) is 3.57. The van der Waals surface area contributed by atoms with Crippen LogP contribution >= 0.6 is 0 Å². The molecule has 168 valence electrons. The summed E-state index contributed by atoms with van der Waals surface area (Å²) in [6, 6.07) is 12.2. The van der Waals surface area contributed by atoms with Crippen molar-refractivity contribution in [2.45, 2.75) is 18.7 Å². The highest BCUT2D eigenvalue weighted by molar-refractivity contribution is 7.89. The van der Waals surface area contributed by atoms with Gasteiger partial charge >= 0.3 is 0 Å². The Morgan fingerprint density at radius 3 is 2.31 bits per heavy atom. The Labute approximate surface area is 188 Å². The number of hydrogen-bond acceptors (Lipinski definition) is 8. The van der Waals surface area contributed by atoms with Gasteiger partial charge in [0.05, 0.1) is 12.0 Å². The monoisotopic (exact) mass is 454 g/mol. The van der Waals surface area contributed by atoms with Crippen LogP contribution < -0.4 is 15.0 Å². The van der Waals surface area contributed by atoms with Crippen LogP contribution in [0.5, 0.6) is 5.75 Å². The lowest BCUT2D eigenvalue weighted by Gasteiger charge is -2.34. The first-order valence-electron chi connectivity index (χ1n) is 10.3. The molecule has 2 aromatic heterocycles. The molecular weight excluding hydrogens is 428 g/mol. The number of hydrogen-bond donors (Lipinski definition) is 1. The number of anilines is 3. The quantitative estimate of drug-likeness (QED) is 0.607. The number of ether oxygens (including phenoxy) is 1. The van der Waals surface area contributed by atoms with Gasteiger partial charge in [0.15, 0.2) is 0 Å². The average molecular weight is 455 g/mol. The normalized spacial score (nSPS) is 14.9. The van der Waals surface area contributed by atoms with Crippen LogP contribution in [0.4, 0.5) is 17.5 Å². The molecular formula is C22H26N6O3S. The van der Waals surface area contributed by atoms with Gasteiger partial charge in [-0.15, -0.1) is 0 Å². The zero-order chi connectivity index (χ0) is 22.7. The Morgan fingerprint density at radius 1 is 0.938 bits per heavy atom. The van der Waals surface area contributed by atoms with Crippen molar-refractivity contribution in [3.63, 3.8) is 0 Å². The predicted molar refractivity (Wildman–Crippen MR) is 123 cm³/mol. The molecule has 0 radical (unpaired) electrons. The first-order chi connectivity index (χ1) is 15.3. The summed E-state index contributed by atoms with van der Waals surface area (Å²) in [5.41, 5.74) is 1.10. The van der Waals surface area contributed by atoms with Crippen LogP contribution in [-0.4, -0.2) is 61.0 Å². The minimum Gasteiger partial charge on any atom is -0.497 e. The molecule has 32 heavy (non-hydrogen) atoms. The summed E-state index contributed by atoms with van der Waals surface area (Å²) in [5, 5.41) is 3.22. The number of nitrogens with zero attached hydrogens (tertiary/aromatic N) is 5. The molecule has 0 saturated carbocycles. The van der Waals surface area contributed by atoms with E-state index in [4.69, 9.17) is 4.74 Å². The van der Waals surface area contributed by atoms with Gasteiger partial charge in [0.2, 0.25) is 10.0 Å². The Morgan fingerprint density at radius 2 is 1.66 bits per heavy atom. The number of nitrogens with one attached hydrogen (secondary N) is 1. The first kappa shape index (κ1) is 22.0. The molecule has 1 aliphatic heterocycles. The van der Waals surface area contributed by atoms with Crippen LogP contribution in [0.3, 0.4) is 0 Å². The third-order valence-electron chi connectivity index (χ3n) is 5.26. The molecule has 1 fully saturated rings. The fourth-order valence-corrected chi connectivity index (χ4v) is 4.99. The van der Waals surface area contributed by atoms with Gasteiger partial charge in [0.25, 0.3) is 0 Å². The van der Waals surface area contributed by atoms with E-state index in [9.17, 15) is 8.42 Å². The Balaban J connectivity index is 1.46. The van der Waals surface area contributed by atoms with E-state index in [0.29, 0.717) is 49.4 Å². The molecule has 3 heterocycles. The number of aryl methyl sites for hydroxylation is 2. The highest BCUT2D eigenvalue weighted by atomic mass is 32.2. The Hall–Kier alpha value is -3.24. The minimum absolute atomic E-state index is 0.266. The molecule has 0 amide bonds. The van der Waals surface area contributed by atoms with E-state index in [2.05, 4.69) is 25.2 Å². The van der Waals surface area contributed by atoms with E-state index >= 15 is 0 Å². The molecule has 1 aliphatic rings. The second-order valence-electron chi connectivity index (χ2n) is 7.57. The lowest BCUT2D eigenvalue weighted by Crippen LogP contribution is -2.49. The Bertz CT molecular complexity index is 1190. The van der Waals surface area contributed by atoms with E-state index in [1.165, 1.54) is 4.31 Å². The van der Waals surface area contributed by atoms with E-state index in [0.717, 1.165) is 11.4 Å². The van der Waals surface area contributed by atoms with E-state index in [1.54, 1.807) is 37.6 Å². The molecule has 1 saturated heterocycles. The van der Waals surface area contributed by atoms with Gasteiger partial charge in [0.1, 0.15) is 29.0 Å². The molecule has 0 unspecified atom stereocenters. The van der Waals surface area contributed by atoms with E-state index < -0.39 is 10.0 Å². The summed E-state index contributed by atoms with van der Waals surface area (Å²) in [4.78, 5) is 15.7. The van der Waals surface area contributed by atoms with Crippen molar-refractivity contribution in [1.82, 2.24) is 19.3 Å². The summed E-state index contributed by atoms with van der Waals surface area (Å²) in [6.45, 7) is 5.66. The molecule has 0 atom stereocenters. The van der Waals surface area contributed by atoms with Gasteiger partial charge in [-0.3, -0.25) is 0 Å². The van der Waals surface area contributed by atoms with Crippen LogP contribution in [0.15, 0.2) is 53.6 Å². The Kier molecular flexibility index (Phi) is 6.24. The van der Waals surface area contributed by atoms with Crippen molar-refractivity contribution in [3.05, 3.63) is 60.0 Å². The van der Waals surface area contributed by atoms with Crippen molar-refractivity contribution in [1.29, 1.82) is 0 Å². The lowest BCUT2D eigenvalue weighted by molar-refractivity contribution is 0.383. The predicted octanol–water partition coefficient (Wildman–Crippen LogP) is 2.75. The van der Waals surface area contributed by atoms with Gasteiger partial charge in [-0.1, -0.05) is 0 Å². The average Bonchev–Trinajstić information content (AvgIpc) is 2.79. The fraction of sp³-hybridized carbons (Fsp3) is 0.318. The third kappa shape index (κ3) is 4.81. The SMILES string of the molecule is COc1ccc(S(=O)(=O)N2CCN(c3cc(Nc4cc(C)ccn4)nc(C)n3)CC2)cc1. The molecule has 3 aromatic rings. The number of methoxy groups -OCH3 is 1. The lowest BCUT2D eigenvalue weighted by atomic mass is 10.3. The number of sulfonamides is 1. The molecule has 1 N–H and O–H groups in total. The number of aromatic nitrogens is 3. The van der Waals surface area contributed by atoms with Crippen molar-refractivity contribution >= 4 is 27.5 Å². The zero-order valence-corrected chi connectivity index (χ0v) is 19.1. The molecule has 0 spiro atoms. The van der Waals surface area contributed by atoms with E-state index in [1.807, 2.05) is 32.0 Å². The van der Waals surface area contributed by atoms with Gasteiger partial charge in [-0.25, -0.2) is 23.4 Å². The minimum atomic E-state index is -3.56. The molecule has 9 nitrogen and oxygen atoms in total. The number of pyridine rings is 1. The van der Waals surface area contributed by atoms with Gasteiger partial charge < -0.3 is 15.0 Å². The zero-order valence-electron chi connectivity index (χ0n) is 18.3. The number of piperazine rings is 1. The summed E-state index contributed by atoms with van der Waals surface area (Å²) in [7, 11) is -2.00. The van der Waals surface area contributed by atoms with Gasteiger partial charge in [-0.2, -0.15) is 4.31 Å². The molecule has 1 aromatic carbocycles. The summed E-state index contributed by atoms with van der Waals surface area (Å²) < 4.78 is 32.6.